The average molecular weight is 421 g/mol. The summed E-state index contributed by atoms with van der Waals surface area (Å²) in [5, 5.41) is 0. The molecule has 0 aliphatic carbocycles. The summed E-state index contributed by atoms with van der Waals surface area (Å²) < 4.78 is 90.4. The fourth-order valence-electron chi connectivity index (χ4n) is 1.93. The monoisotopic (exact) mass is 421 g/mol. The van der Waals surface area contributed by atoms with Crippen LogP contribution in [0.3, 0.4) is 0 Å². The summed E-state index contributed by atoms with van der Waals surface area (Å²) in [6.07, 6.45) is 3.15. The smallest absolute Gasteiger partial charge is 0.262 e. The first-order chi connectivity index (χ1) is 13.0. The Hall–Kier alpha value is -3.15. The molecule has 150 valence electrons. The molecule has 6 nitrogen and oxygen atoms in total. The van der Waals surface area contributed by atoms with E-state index in [0.717, 1.165) is 12.3 Å². The van der Waals surface area contributed by atoms with E-state index in [1.54, 1.807) is 10.9 Å². The number of carbonyl (C=O) groups is 1. The number of benzene rings is 2. The highest BCUT2D eigenvalue weighted by atomic mass is 32.2. The summed E-state index contributed by atoms with van der Waals surface area (Å²) in [4.78, 5) is 11.6. The second-order valence-corrected chi connectivity index (χ2v) is 7.14. The quantitative estimate of drug-likeness (QED) is 0.220. The standard InChI is InChI=1S/C16H12F5N3O3S/c1-28(26,27)24-9-5-2-8(3-6-9)4-7-10(25)22-23-16-14(20)12(18)11(17)13(19)15(16)21/h2-7,23-24H,1H3,(H,22,25). The van der Waals surface area contributed by atoms with Gasteiger partial charge >= 0.3 is 0 Å². The van der Waals surface area contributed by atoms with Gasteiger partial charge in [-0.2, -0.15) is 0 Å². The fraction of sp³-hybridized carbons (Fsp3) is 0.0625. The summed E-state index contributed by atoms with van der Waals surface area (Å²) in [5.74, 6) is -11.9. The van der Waals surface area contributed by atoms with Gasteiger partial charge in [0, 0.05) is 11.8 Å². The van der Waals surface area contributed by atoms with E-state index in [-0.39, 0.29) is 5.69 Å². The molecule has 0 aliphatic rings. The summed E-state index contributed by atoms with van der Waals surface area (Å²) in [7, 11) is -3.44. The van der Waals surface area contributed by atoms with Gasteiger partial charge in [0.25, 0.3) is 5.91 Å². The van der Waals surface area contributed by atoms with Crippen LogP contribution >= 0.6 is 0 Å². The van der Waals surface area contributed by atoms with Gasteiger partial charge in [0.15, 0.2) is 23.3 Å². The molecule has 0 unspecified atom stereocenters. The van der Waals surface area contributed by atoms with Crippen molar-refractivity contribution in [2.45, 2.75) is 0 Å². The second-order valence-electron chi connectivity index (χ2n) is 5.39. The lowest BCUT2D eigenvalue weighted by Gasteiger charge is -2.10. The summed E-state index contributed by atoms with van der Waals surface area (Å²) in [6.45, 7) is 0. The number of rotatable bonds is 6. The van der Waals surface area contributed by atoms with Crippen LogP contribution in [-0.2, 0) is 14.8 Å². The van der Waals surface area contributed by atoms with E-state index in [1.807, 2.05) is 0 Å². The molecule has 0 spiro atoms. The van der Waals surface area contributed by atoms with Gasteiger partial charge in [0.05, 0.1) is 6.26 Å². The molecule has 2 rings (SSSR count). The van der Waals surface area contributed by atoms with Crippen molar-refractivity contribution in [1.29, 1.82) is 0 Å². The normalized spacial score (nSPS) is 11.5. The van der Waals surface area contributed by atoms with Crippen LogP contribution in [0.1, 0.15) is 5.56 Å². The van der Waals surface area contributed by atoms with Gasteiger partial charge in [-0.15, -0.1) is 0 Å². The van der Waals surface area contributed by atoms with Gasteiger partial charge < -0.3 is 0 Å². The number of nitrogens with one attached hydrogen (secondary N) is 3. The number of hydrazine groups is 1. The predicted octanol–water partition coefficient (Wildman–Crippen LogP) is 2.91. The van der Waals surface area contributed by atoms with E-state index in [9.17, 15) is 35.2 Å². The summed E-state index contributed by atoms with van der Waals surface area (Å²) in [6, 6.07) is 5.78. The van der Waals surface area contributed by atoms with E-state index >= 15 is 0 Å². The average Bonchev–Trinajstić information content (AvgIpc) is 2.63. The molecule has 0 saturated heterocycles. The maximum atomic E-state index is 13.5. The minimum atomic E-state index is -3.44. The Labute approximate surface area is 156 Å². The lowest BCUT2D eigenvalue weighted by molar-refractivity contribution is -0.116. The fourth-order valence-corrected chi connectivity index (χ4v) is 2.49. The Morgan fingerprint density at radius 1 is 0.893 bits per heavy atom. The SMILES string of the molecule is CS(=O)(=O)Nc1ccc(C=CC(=O)NNc2c(F)c(F)c(F)c(F)c2F)cc1. The predicted molar refractivity (Wildman–Crippen MR) is 91.9 cm³/mol. The summed E-state index contributed by atoms with van der Waals surface area (Å²) >= 11 is 0. The minimum Gasteiger partial charge on any atom is -0.293 e. The zero-order valence-corrected chi connectivity index (χ0v) is 14.8. The third kappa shape index (κ3) is 5.19. The molecule has 0 aromatic heterocycles. The van der Waals surface area contributed by atoms with E-state index in [1.165, 1.54) is 30.3 Å². The number of halogens is 5. The second kappa shape index (κ2) is 8.25. The van der Waals surface area contributed by atoms with E-state index in [2.05, 4.69) is 4.72 Å². The highest BCUT2D eigenvalue weighted by Crippen LogP contribution is 2.26. The summed E-state index contributed by atoms with van der Waals surface area (Å²) in [5.41, 5.74) is 2.75. The molecule has 0 atom stereocenters. The van der Waals surface area contributed by atoms with Crippen LogP contribution in [0.4, 0.5) is 33.3 Å². The highest BCUT2D eigenvalue weighted by molar-refractivity contribution is 7.92. The first-order valence-electron chi connectivity index (χ1n) is 7.33. The van der Waals surface area contributed by atoms with Crippen LogP contribution in [0.5, 0.6) is 0 Å². The van der Waals surface area contributed by atoms with Crippen LogP contribution in [-0.4, -0.2) is 20.6 Å². The number of sulfonamides is 1. The van der Waals surface area contributed by atoms with Gasteiger partial charge in [-0.1, -0.05) is 12.1 Å². The molecule has 28 heavy (non-hydrogen) atoms. The number of anilines is 2. The number of hydrogen-bond donors (Lipinski definition) is 3. The molecular formula is C16H12F5N3O3S. The Bertz CT molecular complexity index is 1010. The zero-order chi connectivity index (χ0) is 21.1. The van der Waals surface area contributed by atoms with Gasteiger partial charge in [0.1, 0.15) is 5.69 Å². The molecule has 2 aromatic carbocycles. The van der Waals surface area contributed by atoms with Crippen molar-refractivity contribution in [2.75, 3.05) is 16.4 Å². The molecule has 0 fully saturated rings. The van der Waals surface area contributed by atoms with Crippen molar-refractivity contribution in [3.63, 3.8) is 0 Å². The molecule has 2 aromatic rings. The van der Waals surface area contributed by atoms with Gasteiger partial charge in [-0.05, 0) is 23.8 Å². The maximum Gasteiger partial charge on any atom is 0.262 e. The molecule has 0 radical (unpaired) electrons. The Kier molecular flexibility index (Phi) is 6.23. The zero-order valence-electron chi connectivity index (χ0n) is 14.0. The van der Waals surface area contributed by atoms with Crippen LogP contribution in [0.25, 0.3) is 6.08 Å². The van der Waals surface area contributed by atoms with Crippen molar-refractivity contribution in [1.82, 2.24) is 5.43 Å². The number of amides is 1. The molecule has 12 heteroatoms. The number of hydrogen-bond acceptors (Lipinski definition) is 4. The molecule has 0 saturated carbocycles. The van der Waals surface area contributed by atoms with Crippen molar-refractivity contribution in [3.8, 4) is 0 Å². The lowest BCUT2D eigenvalue weighted by atomic mass is 10.2. The Balaban J connectivity index is 2.03. The molecule has 3 N–H and O–H groups in total. The van der Waals surface area contributed by atoms with E-state index < -0.39 is 50.7 Å². The van der Waals surface area contributed by atoms with Gasteiger partial charge in [0.2, 0.25) is 15.8 Å². The third-order valence-electron chi connectivity index (χ3n) is 3.16. The van der Waals surface area contributed by atoms with Crippen LogP contribution < -0.4 is 15.6 Å². The molecule has 1 amide bonds. The molecular weight excluding hydrogens is 409 g/mol. The van der Waals surface area contributed by atoms with Gasteiger partial charge in [-0.25, -0.2) is 30.4 Å². The molecule has 0 aliphatic heterocycles. The van der Waals surface area contributed by atoms with Crippen LogP contribution in [0.15, 0.2) is 30.3 Å². The van der Waals surface area contributed by atoms with Gasteiger partial charge in [-0.3, -0.25) is 20.4 Å². The van der Waals surface area contributed by atoms with Crippen molar-refractivity contribution in [3.05, 3.63) is 65.0 Å². The first kappa shape index (κ1) is 21.2. The highest BCUT2D eigenvalue weighted by Gasteiger charge is 2.25. The van der Waals surface area contributed by atoms with Crippen LogP contribution in [0, 0.1) is 29.1 Å². The number of carbonyl (C=O) groups excluding carboxylic acids is 1. The molecule has 0 heterocycles. The minimum absolute atomic E-state index is 0.289. The Morgan fingerprint density at radius 3 is 1.89 bits per heavy atom. The molecule has 0 bridgehead atoms. The Morgan fingerprint density at radius 2 is 1.39 bits per heavy atom. The van der Waals surface area contributed by atoms with E-state index in [4.69, 9.17) is 0 Å². The topological polar surface area (TPSA) is 87.3 Å². The van der Waals surface area contributed by atoms with E-state index in [0.29, 0.717) is 5.56 Å². The van der Waals surface area contributed by atoms with Crippen molar-refractivity contribution >= 4 is 33.4 Å². The largest absolute Gasteiger partial charge is 0.293 e. The maximum absolute atomic E-state index is 13.5. The lowest BCUT2D eigenvalue weighted by Crippen LogP contribution is -2.29. The van der Waals surface area contributed by atoms with Crippen molar-refractivity contribution in [2.24, 2.45) is 0 Å². The third-order valence-corrected chi connectivity index (χ3v) is 3.77. The van der Waals surface area contributed by atoms with Crippen LogP contribution in [0.2, 0.25) is 0 Å². The first-order valence-corrected chi connectivity index (χ1v) is 9.22. The van der Waals surface area contributed by atoms with Crippen molar-refractivity contribution < 1.29 is 35.2 Å².